The van der Waals surface area contributed by atoms with Crippen LogP contribution in [0.3, 0.4) is 0 Å². The molecule has 0 bridgehead atoms. The maximum absolute atomic E-state index is 13.0. The highest BCUT2D eigenvalue weighted by Gasteiger charge is 2.27. The lowest BCUT2D eigenvalue weighted by molar-refractivity contribution is 0.0730. The molecule has 0 aromatic heterocycles. The van der Waals surface area contributed by atoms with E-state index >= 15 is 0 Å². The fourth-order valence-corrected chi connectivity index (χ4v) is 5.01. The van der Waals surface area contributed by atoms with Crippen molar-refractivity contribution in [1.82, 2.24) is 9.62 Å². The second-order valence-corrected chi connectivity index (χ2v) is 9.77. The summed E-state index contributed by atoms with van der Waals surface area (Å²) < 4.78 is 32.5. The highest BCUT2D eigenvalue weighted by Crippen LogP contribution is 2.24. The lowest BCUT2D eigenvalue weighted by Crippen LogP contribution is -2.40. The number of sulfonamides is 1. The highest BCUT2D eigenvalue weighted by molar-refractivity contribution is 7.89. The van der Waals surface area contributed by atoms with Crippen LogP contribution in [0.5, 0.6) is 0 Å². The Morgan fingerprint density at radius 3 is 2.37 bits per heavy atom. The van der Waals surface area contributed by atoms with Gasteiger partial charge in [-0.1, -0.05) is 51.1 Å². The Morgan fingerprint density at radius 1 is 1.10 bits per heavy atom. The smallest absolute Gasteiger partial charge is 0.251 e. The number of rotatable bonds is 7. The zero-order chi connectivity index (χ0) is 21.7. The molecule has 1 heterocycles. The number of benzene rings is 2. The molecule has 2 aromatic rings. The van der Waals surface area contributed by atoms with E-state index < -0.39 is 10.0 Å². The number of hydrogen-bond acceptors (Lipinski definition) is 4. The van der Waals surface area contributed by atoms with Gasteiger partial charge in [-0.25, -0.2) is 8.42 Å². The molecule has 1 aliphatic rings. The summed E-state index contributed by atoms with van der Waals surface area (Å²) >= 11 is 0. The molecule has 30 heavy (non-hydrogen) atoms. The highest BCUT2D eigenvalue weighted by atomic mass is 32.2. The number of carbonyl (C=O) groups excluding carboxylic acids is 1. The first-order valence-electron chi connectivity index (χ1n) is 10.4. The van der Waals surface area contributed by atoms with Crippen LogP contribution < -0.4 is 5.32 Å². The molecule has 0 aliphatic carbocycles. The zero-order valence-corrected chi connectivity index (χ0v) is 18.6. The zero-order valence-electron chi connectivity index (χ0n) is 17.8. The van der Waals surface area contributed by atoms with Crippen molar-refractivity contribution in [2.75, 3.05) is 26.3 Å². The number of nitrogens with one attached hydrogen (secondary N) is 1. The first-order chi connectivity index (χ1) is 14.3. The maximum Gasteiger partial charge on any atom is 0.251 e. The van der Waals surface area contributed by atoms with Crippen LogP contribution in [0.1, 0.15) is 48.3 Å². The largest absolute Gasteiger partial charge is 0.379 e. The maximum atomic E-state index is 13.0. The van der Waals surface area contributed by atoms with Crippen LogP contribution in [0.25, 0.3) is 0 Å². The standard InChI is InChI=1S/C23H30N2O4S/c1-4-18-8-10-19(11-9-18)22(17(2)3)24-23(26)20-6-5-7-21(16-20)30(27,28)25-12-14-29-15-13-25/h5-11,16-17,22H,4,12-15H2,1-3H3,(H,24,26). The molecule has 1 unspecified atom stereocenters. The van der Waals surface area contributed by atoms with Crippen molar-refractivity contribution < 1.29 is 17.9 Å². The number of amides is 1. The van der Waals surface area contributed by atoms with Crippen molar-refractivity contribution in [3.63, 3.8) is 0 Å². The van der Waals surface area contributed by atoms with Gasteiger partial charge in [0.25, 0.3) is 5.91 Å². The third kappa shape index (κ3) is 5.09. The molecule has 1 amide bonds. The van der Waals surface area contributed by atoms with Gasteiger partial charge >= 0.3 is 0 Å². The molecule has 3 rings (SSSR count). The van der Waals surface area contributed by atoms with E-state index in [9.17, 15) is 13.2 Å². The Balaban J connectivity index is 1.81. The van der Waals surface area contributed by atoms with Crippen molar-refractivity contribution >= 4 is 15.9 Å². The summed E-state index contributed by atoms with van der Waals surface area (Å²) in [7, 11) is -3.65. The summed E-state index contributed by atoms with van der Waals surface area (Å²) in [5.74, 6) is -0.103. The molecule has 1 atom stereocenters. The minimum atomic E-state index is -3.65. The first-order valence-corrected chi connectivity index (χ1v) is 11.8. The minimum Gasteiger partial charge on any atom is -0.379 e. The lowest BCUT2D eigenvalue weighted by atomic mass is 9.94. The average molecular weight is 431 g/mol. The van der Waals surface area contributed by atoms with Gasteiger partial charge in [0, 0.05) is 18.7 Å². The van der Waals surface area contributed by atoms with Gasteiger partial charge in [0.2, 0.25) is 10.0 Å². The van der Waals surface area contributed by atoms with Crippen LogP contribution in [-0.2, 0) is 21.2 Å². The number of morpholine rings is 1. The van der Waals surface area contributed by atoms with Crippen molar-refractivity contribution in [1.29, 1.82) is 0 Å². The quantitative estimate of drug-likeness (QED) is 0.731. The van der Waals surface area contributed by atoms with Gasteiger partial charge in [-0.3, -0.25) is 4.79 Å². The second kappa shape index (κ2) is 9.73. The van der Waals surface area contributed by atoms with Crippen LogP contribution in [0.2, 0.25) is 0 Å². The number of aryl methyl sites for hydroxylation is 1. The monoisotopic (exact) mass is 430 g/mol. The van der Waals surface area contributed by atoms with Gasteiger partial charge in [-0.05, 0) is 41.7 Å². The number of ether oxygens (including phenoxy) is 1. The van der Waals surface area contributed by atoms with E-state index in [4.69, 9.17) is 4.74 Å². The molecular formula is C23H30N2O4S. The average Bonchev–Trinajstić information content (AvgIpc) is 2.78. The van der Waals surface area contributed by atoms with E-state index in [2.05, 4.69) is 38.2 Å². The molecule has 1 fully saturated rings. The summed E-state index contributed by atoms with van der Waals surface area (Å²) in [5, 5.41) is 3.08. The predicted molar refractivity (Wildman–Crippen MR) is 117 cm³/mol. The van der Waals surface area contributed by atoms with Gasteiger partial charge in [0.1, 0.15) is 0 Å². The third-order valence-corrected chi connectivity index (χ3v) is 7.30. The van der Waals surface area contributed by atoms with E-state index in [-0.39, 0.29) is 22.8 Å². The first kappa shape index (κ1) is 22.5. The fourth-order valence-electron chi connectivity index (χ4n) is 3.55. The van der Waals surface area contributed by atoms with E-state index in [0.717, 1.165) is 12.0 Å². The molecule has 2 aromatic carbocycles. The Labute approximate surface area is 179 Å². The molecule has 0 radical (unpaired) electrons. The molecule has 1 aliphatic heterocycles. The predicted octanol–water partition coefficient (Wildman–Crippen LogP) is 3.40. The third-order valence-electron chi connectivity index (χ3n) is 5.40. The van der Waals surface area contributed by atoms with Gasteiger partial charge < -0.3 is 10.1 Å². The Hall–Kier alpha value is -2.22. The SMILES string of the molecule is CCc1ccc(C(NC(=O)c2cccc(S(=O)(=O)N3CCOCC3)c2)C(C)C)cc1. The topological polar surface area (TPSA) is 75.7 Å². The molecule has 7 heteroatoms. The van der Waals surface area contributed by atoms with E-state index in [1.165, 1.54) is 22.0 Å². The second-order valence-electron chi connectivity index (χ2n) is 7.83. The van der Waals surface area contributed by atoms with E-state index in [1.54, 1.807) is 12.1 Å². The lowest BCUT2D eigenvalue weighted by Gasteiger charge is -2.26. The van der Waals surface area contributed by atoms with Gasteiger partial charge in [0.05, 0.1) is 24.2 Å². The Kier molecular flexibility index (Phi) is 7.28. The van der Waals surface area contributed by atoms with Crippen LogP contribution in [0.15, 0.2) is 53.4 Å². The number of carbonyl (C=O) groups is 1. The minimum absolute atomic E-state index is 0.130. The molecule has 162 valence electrons. The van der Waals surface area contributed by atoms with Crippen molar-refractivity contribution in [3.8, 4) is 0 Å². The van der Waals surface area contributed by atoms with Crippen molar-refractivity contribution in [2.24, 2.45) is 5.92 Å². The van der Waals surface area contributed by atoms with Crippen LogP contribution in [-0.4, -0.2) is 44.9 Å². The summed E-state index contributed by atoms with van der Waals surface area (Å²) in [6.45, 7) is 7.62. The normalized spacial score (nSPS) is 16.4. The van der Waals surface area contributed by atoms with E-state index in [1.807, 2.05) is 12.1 Å². The van der Waals surface area contributed by atoms with Crippen LogP contribution in [0.4, 0.5) is 0 Å². The summed E-state index contributed by atoms with van der Waals surface area (Å²) in [4.78, 5) is 13.1. The van der Waals surface area contributed by atoms with E-state index in [0.29, 0.717) is 31.9 Å². The van der Waals surface area contributed by atoms with Crippen LogP contribution in [0, 0.1) is 5.92 Å². The molecule has 1 N–H and O–H groups in total. The molecule has 0 spiro atoms. The van der Waals surface area contributed by atoms with Crippen molar-refractivity contribution in [2.45, 2.75) is 38.1 Å². The molecule has 6 nitrogen and oxygen atoms in total. The summed E-state index contributed by atoms with van der Waals surface area (Å²) in [5.41, 5.74) is 2.61. The number of nitrogens with zero attached hydrogens (tertiary/aromatic N) is 1. The van der Waals surface area contributed by atoms with Gasteiger partial charge in [-0.2, -0.15) is 4.31 Å². The summed E-state index contributed by atoms with van der Waals surface area (Å²) in [6, 6.07) is 14.3. The van der Waals surface area contributed by atoms with Gasteiger partial charge in [0.15, 0.2) is 0 Å². The van der Waals surface area contributed by atoms with Gasteiger partial charge in [-0.15, -0.1) is 0 Å². The number of hydrogen-bond donors (Lipinski definition) is 1. The molecule has 0 saturated carbocycles. The molecular weight excluding hydrogens is 400 g/mol. The fraction of sp³-hybridized carbons (Fsp3) is 0.435. The summed E-state index contributed by atoms with van der Waals surface area (Å²) in [6.07, 6.45) is 0.962. The Morgan fingerprint density at radius 2 is 1.77 bits per heavy atom. The Bertz CT molecular complexity index is 965. The van der Waals surface area contributed by atoms with Crippen molar-refractivity contribution in [3.05, 3.63) is 65.2 Å². The van der Waals surface area contributed by atoms with Crippen LogP contribution >= 0.6 is 0 Å². The molecule has 1 saturated heterocycles.